The molecule has 1 aromatic heterocycles. The van der Waals surface area contributed by atoms with Crippen molar-refractivity contribution in [2.75, 3.05) is 6.54 Å². The molecule has 7 heteroatoms. The number of aliphatic carboxylic acids is 1. The van der Waals surface area contributed by atoms with E-state index in [0.29, 0.717) is 12.0 Å². The van der Waals surface area contributed by atoms with Crippen molar-refractivity contribution in [1.82, 2.24) is 19.7 Å². The van der Waals surface area contributed by atoms with Gasteiger partial charge in [0.2, 0.25) is 0 Å². The Hall–Kier alpha value is -2.70. The molecule has 0 saturated heterocycles. The molecule has 1 heterocycles. The average molecular weight is 316 g/mol. The van der Waals surface area contributed by atoms with E-state index in [1.807, 2.05) is 20.8 Å². The summed E-state index contributed by atoms with van der Waals surface area (Å²) in [5, 5.41) is 13.1. The fourth-order valence-electron chi connectivity index (χ4n) is 2.34. The third-order valence-corrected chi connectivity index (χ3v) is 3.80. The van der Waals surface area contributed by atoms with Gasteiger partial charge in [-0.05, 0) is 44.0 Å². The summed E-state index contributed by atoms with van der Waals surface area (Å²) in [5.41, 5.74) is 2.15. The smallest absolute Gasteiger partial charge is 0.323 e. The van der Waals surface area contributed by atoms with Crippen molar-refractivity contribution in [2.45, 2.75) is 33.2 Å². The molecule has 2 aromatic rings. The third kappa shape index (κ3) is 3.74. The summed E-state index contributed by atoms with van der Waals surface area (Å²) in [7, 11) is 0. The van der Waals surface area contributed by atoms with Gasteiger partial charge in [0.15, 0.2) is 0 Å². The van der Waals surface area contributed by atoms with E-state index in [4.69, 9.17) is 5.11 Å². The lowest BCUT2D eigenvalue weighted by molar-refractivity contribution is -0.138. The molecule has 0 aliphatic rings. The Labute approximate surface area is 134 Å². The molecule has 2 rings (SSSR count). The number of rotatable bonds is 6. The number of carbonyl (C=O) groups is 2. The van der Waals surface area contributed by atoms with E-state index in [1.54, 1.807) is 29.2 Å². The topological polar surface area (TPSA) is 88.3 Å². The van der Waals surface area contributed by atoms with E-state index >= 15 is 0 Å². The summed E-state index contributed by atoms with van der Waals surface area (Å²) in [6.07, 6.45) is 3.71. The monoisotopic (exact) mass is 316 g/mol. The van der Waals surface area contributed by atoms with Crippen LogP contribution in [0.1, 0.15) is 36.2 Å². The molecule has 0 fully saturated rings. The van der Waals surface area contributed by atoms with Gasteiger partial charge in [-0.1, -0.05) is 6.92 Å². The Morgan fingerprint density at radius 3 is 2.65 bits per heavy atom. The van der Waals surface area contributed by atoms with Gasteiger partial charge in [-0.25, -0.2) is 9.67 Å². The SMILES string of the molecule is CCC(C)N(CC(=O)O)C(=O)c1ccc(-n2cncn2)c(C)c1. The first kappa shape index (κ1) is 16.7. The first-order valence-corrected chi connectivity index (χ1v) is 7.42. The maximum atomic E-state index is 12.7. The van der Waals surface area contributed by atoms with Crippen LogP contribution in [0.4, 0.5) is 0 Å². The van der Waals surface area contributed by atoms with Gasteiger partial charge in [-0.3, -0.25) is 9.59 Å². The van der Waals surface area contributed by atoms with Crippen LogP contribution in [-0.2, 0) is 4.79 Å². The Morgan fingerprint density at radius 2 is 2.13 bits per heavy atom. The Morgan fingerprint density at radius 1 is 1.39 bits per heavy atom. The highest BCUT2D eigenvalue weighted by atomic mass is 16.4. The molecule has 0 radical (unpaired) electrons. The van der Waals surface area contributed by atoms with Crippen LogP contribution in [-0.4, -0.2) is 49.2 Å². The molecule has 1 atom stereocenters. The lowest BCUT2D eigenvalue weighted by Gasteiger charge is -2.27. The van der Waals surface area contributed by atoms with Gasteiger partial charge in [0, 0.05) is 11.6 Å². The van der Waals surface area contributed by atoms with E-state index < -0.39 is 5.97 Å². The number of aryl methyl sites for hydroxylation is 1. The van der Waals surface area contributed by atoms with Crippen molar-refractivity contribution in [3.63, 3.8) is 0 Å². The van der Waals surface area contributed by atoms with Gasteiger partial charge in [-0.15, -0.1) is 0 Å². The molecule has 0 aliphatic heterocycles. The fourth-order valence-corrected chi connectivity index (χ4v) is 2.34. The number of carboxylic acid groups (broad SMARTS) is 1. The number of nitrogens with zero attached hydrogens (tertiary/aromatic N) is 4. The second kappa shape index (κ2) is 7.04. The predicted molar refractivity (Wildman–Crippen MR) is 84.5 cm³/mol. The van der Waals surface area contributed by atoms with Crippen molar-refractivity contribution in [2.24, 2.45) is 0 Å². The minimum absolute atomic E-state index is 0.145. The van der Waals surface area contributed by atoms with Crippen molar-refractivity contribution in [3.05, 3.63) is 42.0 Å². The van der Waals surface area contributed by atoms with Crippen LogP contribution in [0.15, 0.2) is 30.9 Å². The van der Waals surface area contributed by atoms with Gasteiger partial charge >= 0.3 is 5.97 Å². The first-order chi connectivity index (χ1) is 10.9. The lowest BCUT2D eigenvalue weighted by Crippen LogP contribution is -2.41. The molecule has 122 valence electrons. The summed E-state index contributed by atoms with van der Waals surface area (Å²) in [4.78, 5) is 29.0. The quantitative estimate of drug-likeness (QED) is 0.879. The molecule has 0 saturated carbocycles. The standard InChI is InChI=1S/C16H20N4O3/c1-4-12(3)19(8-15(21)22)16(23)13-5-6-14(11(2)7-13)20-10-17-9-18-20/h5-7,9-10,12H,4,8H2,1-3H3,(H,21,22). The van der Waals surface area contributed by atoms with E-state index in [9.17, 15) is 9.59 Å². The van der Waals surface area contributed by atoms with Crippen LogP contribution < -0.4 is 0 Å². The van der Waals surface area contributed by atoms with Crippen molar-refractivity contribution >= 4 is 11.9 Å². The average Bonchev–Trinajstić information content (AvgIpc) is 3.05. The van der Waals surface area contributed by atoms with Crippen LogP contribution in [0.3, 0.4) is 0 Å². The number of amides is 1. The highest BCUT2D eigenvalue weighted by Gasteiger charge is 2.23. The van der Waals surface area contributed by atoms with Crippen LogP contribution in [0.5, 0.6) is 0 Å². The maximum absolute atomic E-state index is 12.7. The lowest BCUT2D eigenvalue weighted by atomic mass is 10.1. The van der Waals surface area contributed by atoms with E-state index in [1.165, 1.54) is 11.2 Å². The molecule has 1 N–H and O–H groups in total. The third-order valence-electron chi connectivity index (χ3n) is 3.80. The number of hydrogen-bond donors (Lipinski definition) is 1. The first-order valence-electron chi connectivity index (χ1n) is 7.42. The molecule has 1 aromatic carbocycles. The van der Waals surface area contributed by atoms with Crippen molar-refractivity contribution in [1.29, 1.82) is 0 Å². The molecule has 1 amide bonds. The number of carbonyl (C=O) groups excluding carboxylic acids is 1. The number of carboxylic acids is 1. The molecule has 7 nitrogen and oxygen atoms in total. The maximum Gasteiger partial charge on any atom is 0.323 e. The van der Waals surface area contributed by atoms with Gasteiger partial charge in [0.25, 0.3) is 5.91 Å². The van der Waals surface area contributed by atoms with Crippen LogP contribution >= 0.6 is 0 Å². The van der Waals surface area contributed by atoms with Crippen LogP contribution in [0, 0.1) is 6.92 Å². The summed E-state index contributed by atoms with van der Waals surface area (Å²) in [6.45, 7) is 5.33. The normalized spacial score (nSPS) is 12.0. The molecule has 0 aliphatic carbocycles. The fraction of sp³-hybridized carbons (Fsp3) is 0.375. The second-order valence-electron chi connectivity index (χ2n) is 5.43. The summed E-state index contributed by atoms with van der Waals surface area (Å²) in [5.74, 6) is -1.30. The number of benzene rings is 1. The molecular formula is C16H20N4O3. The zero-order valence-corrected chi connectivity index (χ0v) is 13.4. The second-order valence-corrected chi connectivity index (χ2v) is 5.43. The van der Waals surface area contributed by atoms with Crippen LogP contribution in [0.2, 0.25) is 0 Å². The molecule has 0 bridgehead atoms. The van der Waals surface area contributed by atoms with E-state index in [0.717, 1.165) is 11.3 Å². The summed E-state index contributed by atoms with van der Waals surface area (Å²) in [6, 6.07) is 5.07. The van der Waals surface area contributed by atoms with Crippen molar-refractivity contribution in [3.8, 4) is 5.69 Å². The highest BCUT2D eigenvalue weighted by Crippen LogP contribution is 2.17. The minimum atomic E-state index is -1.02. The largest absolute Gasteiger partial charge is 0.480 e. The van der Waals surface area contributed by atoms with Gasteiger partial charge in [0.1, 0.15) is 19.2 Å². The van der Waals surface area contributed by atoms with Gasteiger partial charge in [0.05, 0.1) is 5.69 Å². The number of hydrogen-bond acceptors (Lipinski definition) is 4. The Balaban J connectivity index is 2.31. The molecule has 0 spiro atoms. The Kier molecular flexibility index (Phi) is 5.10. The molecular weight excluding hydrogens is 296 g/mol. The summed E-state index contributed by atoms with van der Waals surface area (Å²) < 4.78 is 1.62. The zero-order valence-electron chi connectivity index (χ0n) is 13.4. The van der Waals surface area contributed by atoms with E-state index in [2.05, 4.69) is 10.1 Å². The Bertz CT molecular complexity index is 697. The molecule has 23 heavy (non-hydrogen) atoms. The van der Waals surface area contributed by atoms with Gasteiger partial charge < -0.3 is 10.0 Å². The van der Waals surface area contributed by atoms with Gasteiger partial charge in [-0.2, -0.15) is 5.10 Å². The minimum Gasteiger partial charge on any atom is -0.480 e. The predicted octanol–water partition coefficient (Wildman–Crippen LogP) is 1.90. The van der Waals surface area contributed by atoms with Crippen molar-refractivity contribution < 1.29 is 14.7 Å². The van der Waals surface area contributed by atoms with Crippen LogP contribution in [0.25, 0.3) is 5.69 Å². The summed E-state index contributed by atoms with van der Waals surface area (Å²) >= 11 is 0. The van der Waals surface area contributed by atoms with E-state index in [-0.39, 0.29) is 18.5 Å². The highest BCUT2D eigenvalue weighted by molar-refractivity contribution is 5.96. The number of aromatic nitrogens is 3. The zero-order chi connectivity index (χ0) is 17.0. The molecule has 1 unspecified atom stereocenters.